The molecule has 0 aliphatic heterocycles. The highest BCUT2D eigenvalue weighted by Gasteiger charge is 1.94. The number of aryl methyl sites for hydroxylation is 1. The zero-order chi connectivity index (χ0) is 6.69. The highest BCUT2D eigenvalue weighted by atomic mass is 19.1. The molecule has 1 heterocycles. The van der Waals surface area contributed by atoms with Crippen molar-refractivity contribution >= 4 is 0 Å². The van der Waals surface area contributed by atoms with Crippen molar-refractivity contribution in [2.75, 3.05) is 0 Å². The fourth-order valence-electron chi connectivity index (χ4n) is 0.439. The van der Waals surface area contributed by atoms with Crippen molar-refractivity contribution in [3.05, 3.63) is 18.2 Å². The van der Waals surface area contributed by atoms with Gasteiger partial charge in [-0.2, -0.15) is 14.4 Å². The second-order valence-electron chi connectivity index (χ2n) is 1.47. The van der Waals surface area contributed by atoms with Gasteiger partial charge in [-0.3, -0.25) is 0 Å². The summed E-state index contributed by atoms with van der Waals surface area (Å²) in [5, 5.41) is 0. The first-order chi connectivity index (χ1) is 4.33. The lowest BCUT2D eigenvalue weighted by Gasteiger charge is -1.88. The molecule has 0 fully saturated rings. The molecule has 0 atom stereocenters. The fraction of sp³-hybridized carbons (Fsp3) is 0.400. The Bertz CT molecular complexity index is 201. The first-order valence-electron chi connectivity index (χ1n) is 2.59. The molecule has 0 aliphatic rings. The maximum Gasteiger partial charge on any atom is 0.312 e. The van der Waals surface area contributed by atoms with Crippen LogP contribution >= 0.6 is 0 Å². The van der Waals surface area contributed by atoms with Gasteiger partial charge in [0.1, 0.15) is 5.82 Å². The van der Waals surface area contributed by atoms with Crippen molar-refractivity contribution in [1.82, 2.24) is 15.0 Å². The van der Waals surface area contributed by atoms with Gasteiger partial charge in [0, 0.05) is 6.42 Å². The van der Waals surface area contributed by atoms with Gasteiger partial charge in [0.05, 0.1) is 0 Å². The minimum atomic E-state index is -0.762. The molecular weight excluding hydrogens is 121 g/mol. The van der Waals surface area contributed by atoms with Gasteiger partial charge in [-0.05, 0) is 0 Å². The predicted molar refractivity (Wildman–Crippen MR) is 28.0 cm³/mol. The summed E-state index contributed by atoms with van der Waals surface area (Å²) in [5.41, 5.74) is 0. The molecule has 0 N–H and O–H groups in total. The number of aromatic nitrogens is 3. The van der Waals surface area contributed by atoms with Crippen LogP contribution in [0.3, 0.4) is 0 Å². The Morgan fingerprint density at radius 1 is 1.56 bits per heavy atom. The maximum atomic E-state index is 12.1. The Hall–Kier alpha value is -1.06. The minimum absolute atomic E-state index is 0.433. The van der Waals surface area contributed by atoms with Gasteiger partial charge in [0.15, 0.2) is 0 Å². The SMILES string of the molecule is CCc1n[c]nc(F)n1. The molecule has 0 saturated carbocycles. The third-order valence-corrected chi connectivity index (χ3v) is 0.859. The van der Waals surface area contributed by atoms with E-state index in [-0.39, 0.29) is 0 Å². The fourth-order valence-corrected chi connectivity index (χ4v) is 0.439. The molecule has 0 unspecified atom stereocenters. The van der Waals surface area contributed by atoms with Crippen LogP contribution in [-0.4, -0.2) is 15.0 Å². The summed E-state index contributed by atoms with van der Waals surface area (Å²) in [6.07, 6.45) is 1.99. The number of hydrogen-bond acceptors (Lipinski definition) is 3. The second kappa shape index (κ2) is 2.48. The Kier molecular flexibility index (Phi) is 1.67. The highest BCUT2D eigenvalue weighted by molar-refractivity contribution is 4.79. The van der Waals surface area contributed by atoms with E-state index in [1.54, 1.807) is 0 Å². The van der Waals surface area contributed by atoms with Gasteiger partial charge in [-0.15, -0.1) is 0 Å². The van der Waals surface area contributed by atoms with Gasteiger partial charge < -0.3 is 0 Å². The van der Waals surface area contributed by atoms with Gasteiger partial charge in [-0.1, -0.05) is 6.92 Å². The summed E-state index contributed by atoms with van der Waals surface area (Å²) in [4.78, 5) is 10.0. The summed E-state index contributed by atoms with van der Waals surface area (Å²) < 4.78 is 12.1. The predicted octanol–water partition coefficient (Wildman–Crippen LogP) is 0.373. The van der Waals surface area contributed by atoms with Crippen molar-refractivity contribution in [3.8, 4) is 0 Å². The summed E-state index contributed by atoms with van der Waals surface area (Å²) >= 11 is 0. The third kappa shape index (κ3) is 1.42. The van der Waals surface area contributed by atoms with Crippen LogP contribution in [0.2, 0.25) is 0 Å². The Balaban J connectivity index is 2.94. The van der Waals surface area contributed by atoms with Crippen molar-refractivity contribution in [3.63, 3.8) is 0 Å². The van der Waals surface area contributed by atoms with E-state index in [9.17, 15) is 4.39 Å². The van der Waals surface area contributed by atoms with Gasteiger partial charge in [0.25, 0.3) is 0 Å². The van der Waals surface area contributed by atoms with E-state index in [1.807, 2.05) is 6.92 Å². The summed E-state index contributed by atoms with van der Waals surface area (Å²) in [7, 11) is 0. The Morgan fingerprint density at radius 3 is 2.78 bits per heavy atom. The van der Waals surface area contributed by atoms with Crippen molar-refractivity contribution in [2.45, 2.75) is 13.3 Å². The molecule has 0 spiro atoms. The molecule has 47 valence electrons. The quantitative estimate of drug-likeness (QED) is 0.545. The monoisotopic (exact) mass is 126 g/mol. The van der Waals surface area contributed by atoms with Crippen LogP contribution < -0.4 is 0 Å². The summed E-state index contributed by atoms with van der Waals surface area (Å²) in [5.74, 6) is 0.433. The molecule has 1 radical (unpaired) electrons. The molecule has 0 aromatic carbocycles. The van der Waals surface area contributed by atoms with Crippen LogP contribution in [0.15, 0.2) is 0 Å². The molecule has 4 heteroatoms. The van der Waals surface area contributed by atoms with Crippen LogP contribution in [0.25, 0.3) is 0 Å². The standard InChI is InChI=1S/C5H5FN3/c1-2-4-7-3-8-5(6)9-4/h2H2,1H3. The van der Waals surface area contributed by atoms with Crippen molar-refractivity contribution in [1.29, 1.82) is 0 Å². The van der Waals surface area contributed by atoms with Gasteiger partial charge >= 0.3 is 6.08 Å². The van der Waals surface area contributed by atoms with Crippen LogP contribution in [-0.2, 0) is 6.42 Å². The van der Waals surface area contributed by atoms with E-state index in [0.29, 0.717) is 12.2 Å². The zero-order valence-corrected chi connectivity index (χ0v) is 4.93. The molecule has 9 heavy (non-hydrogen) atoms. The molecule has 1 rings (SSSR count). The smallest absolute Gasteiger partial charge is 0.210 e. The summed E-state index contributed by atoms with van der Waals surface area (Å²) in [6.45, 7) is 1.84. The molecule has 0 aliphatic carbocycles. The third-order valence-electron chi connectivity index (χ3n) is 0.859. The zero-order valence-electron chi connectivity index (χ0n) is 4.93. The lowest BCUT2D eigenvalue weighted by molar-refractivity contribution is 0.522. The summed E-state index contributed by atoms with van der Waals surface area (Å²) in [6, 6.07) is 0. The first-order valence-corrected chi connectivity index (χ1v) is 2.59. The molecular formula is C5H5FN3. The molecule has 3 nitrogen and oxygen atoms in total. The van der Waals surface area contributed by atoms with Crippen LogP contribution in [0.4, 0.5) is 4.39 Å². The van der Waals surface area contributed by atoms with Crippen molar-refractivity contribution in [2.24, 2.45) is 0 Å². The van der Waals surface area contributed by atoms with Gasteiger partial charge in [-0.25, -0.2) is 4.98 Å². The Labute approximate surface area is 52.0 Å². The average Bonchev–Trinajstić information content (AvgIpc) is 1.88. The molecule has 0 bridgehead atoms. The number of rotatable bonds is 1. The highest BCUT2D eigenvalue weighted by Crippen LogP contribution is 1.87. The van der Waals surface area contributed by atoms with E-state index in [0.717, 1.165) is 0 Å². The van der Waals surface area contributed by atoms with Crippen LogP contribution in [0.5, 0.6) is 0 Å². The van der Waals surface area contributed by atoms with Crippen molar-refractivity contribution < 1.29 is 4.39 Å². The first kappa shape index (κ1) is 6.07. The molecule has 0 saturated heterocycles. The lowest BCUT2D eigenvalue weighted by Crippen LogP contribution is -1.97. The Morgan fingerprint density at radius 2 is 2.33 bits per heavy atom. The number of halogens is 1. The van der Waals surface area contributed by atoms with E-state index >= 15 is 0 Å². The molecule has 1 aromatic rings. The maximum absolute atomic E-state index is 12.1. The average molecular weight is 126 g/mol. The largest absolute Gasteiger partial charge is 0.312 e. The van der Waals surface area contributed by atoms with E-state index in [2.05, 4.69) is 21.3 Å². The van der Waals surface area contributed by atoms with Crippen LogP contribution in [0.1, 0.15) is 12.7 Å². The molecule has 0 amide bonds. The van der Waals surface area contributed by atoms with E-state index < -0.39 is 6.08 Å². The topological polar surface area (TPSA) is 38.7 Å². The number of nitrogens with zero attached hydrogens (tertiary/aromatic N) is 3. The van der Waals surface area contributed by atoms with Gasteiger partial charge in [0.2, 0.25) is 6.33 Å². The molecule has 1 aromatic heterocycles. The van der Waals surface area contributed by atoms with Crippen LogP contribution in [0, 0.1) is 12.4 Å². The van der Waals surface area contributed by atoms with E-state index in [4.69, 9.17) is 0 Å². The van der Waals surface area contributed by atoms with E-state index in [1.165, 1.54) is 0 Å². The number of hydrogen-bond donors (Lipinski definition) is 0. The second-order valence-corrected chi connectivity index (χ2v) is 1.47. The lowest BCUT2D eigenvalue weighted by atomic mass is 10.5. The normalized spacial score (nSPS) is 9.56. The minimum Gasteiger partial charge on any atom is -0.210 e.